The van der Waals surface area contributed by atoms with Crippen LogP contribution < -0.4 is 15.4 Å². The van der Waals surface area contributed by atoms with Gasteiger partial charge in [0.25, 0.3) is 5.91 Å². The maximum Gasteiger partial charge on any atom is 0.322 e. The number of nitrogens with zero attached hydrogens (tertiary/aromatic N) is 1. The number of amides is 3. The molecule has 0 radical (unpaired) electrons. The van der Waals surface area contributed by atoms with Crippen molar-refractivity contribution in [1.29, 1.82) is 0 Å². The molecule has 5 rings (SSSR count). The Morgan fingerprint density at radius 2 is 1.45 bits per heavy atom. The van der Waals surface area contributed by atoms with Crippen molar-refractivity contribution in [3.63, 3.8) is 0 Å². The van der Waals surface area contributed by atoms with Crippen LogP contribution in [0.1, 0.15) is 16.7 Å². The summed E-state index contributed by atoms with van der Waals surface area (Å²) < 4.78 is 5.73. The van der Waals surface area contributed by atoms with Crippen LogP contribution in [0.15, 0.2) is 72.8 Å². The number of hydrogen-bond donors (Lipinski definition) is 2. The van der Waals surface area contributed by atoms with Gasteiger partial charge in [-0.25, -0.2) is 4.79 Å². The van der Waals surface area contributed by atoms with E-state index >= 15 is 0 Å². The molecule has 0 aromatic heterocycles. The number of rotatable bonds is 3. The van der Waals surface area contributed by atoms with Crippen molar-refractivity contribution >= 4 is 23.3 Å². The molecule has 0 aliphatic carbocycles. The standard InChI is InChI=1S/C25H23N3O3/c29-24(23-15-18-6-3-4-8-22(18)31-23)26-20-9-11-21(12-10-20)27-25(30)28-14-13-17-5-1-2-7-19(17)16-28/h1-12,23H,13-16H2,(H,26,29)(H,27,30)/t23-/m1/s1. The molecule has 6 heteroatoms. The summed E-state index contributed by atoms with van der Waals surface area (Å²) in [6.07, 6.45) is 0.898. The number of anilines is 2. The molecule has 0 saturated heterocycles. The van der Waals surface area contributed by atoms with Gasteiger partial charge in [-0.15, -0.1) is 0 Å². The molecule has 0 unspecified atom stereocenters. The van der Waals surface area contributed by atoms with Gasteiger partial charge in [0, 0.05) is 30.9 Å². The van der Waals surface area contributed by atoms with Crippen molar-refractivity contribution in [3.8, 4) is 5.75 Å². The Morgan fingerprint density at radius 3 is 2.19 bits per heavy atom. The lowest BCUT2D eigenvalue weighted by molar-refractivity contribution is -0.122. The van der Waals surface area contributed by atoms with Crippen LogP contribution in [0.4, 0.5) is 16.2 Å². The van der Waals surface area contributed by atoms with Crippen LogP contribution in [0, 0.1) is 0 Å². The van der Waals surface area contributed by atoms with Crippen LogP contribution in [0.3, 0.4) is 0 Å². The van der Waals surface area contributed by atoms with E-state index in [4.69, 9.17) is 4.74 Å². The molecule has 3 aromatic carbocycles. The number of nitrogens with one attached hydrogen (secondary N) is 2. The van der Waals surface area contributed by atoms with Crippen molar-refractivity contribution in [2.24, 2.45) is 0 Å². The summed E-state index contributed by atoms with van der Waals surface area (Å²) in [5.41, 5.74) is 4.89. The van der Waals surface area contributed by atoms with E-state index in [0.29, 0.717) is 30.9 Å². The molecule has 1 atom stereocenters. The fourth-order valence-corrected chi connectivity index (χ4v) is 4.06. The Labute approximate surface area is 180 Å². The van der Waals surface area contributed by atoms with Gasteiger partial charge in [-0.05, 0) is 53.4 Å². The average molecular weight is 413 g/mol. The Balaban J connectivity index is 1.16. The second-order valence-electron chi connectivity index (χ2n) is 7.86. The van der Waals surface area contributed by atoms with E-state index in [1.54, 1.807) is 24.3 Å². The van der Waals surface area contributed by atoms with E-state index in [1.807, 2.05) is 41.3 Å². The zero-order valence-corrected chi connectivity index (χ0v) is 17.0. The zero-order chi connectivity index (χ0) is 21.2. The molecule has 3 amide bonds. The minimum atomic E-state index is -0.529. The van der Waals surface area contributed by atoms with E-state index in [9.17, 15) is 9.59 Å². The fraction of sp³-hybridized carbons (Fsp3) is 0.200. The summed E-state index contributed by atoms with van der Waals surface area (Å²) in [5.74, 6) is 0.584. The lowest BCUT2D eigenvalue weighted by Crippen LogP contribution is -2.38. The smallest absolute Gasteiger partial charge is 0.322 e. The monoisotopic (exact) mass is 413 g/mol. The first kappa shape index (κ1) is 19.2. The Kier molecular flexibility index (Phi) is 5.04. The van der Waals surface area contributed by atoms with E-state index in [2.05, 4.69) is 22.8 Å². The molecule has 2 heterocycles. The Morgan fingerprint density at radius 1 is 0.806 bits per heavy atom. The third-order valence-electron chi connectivity index (χ3n) is 5.76. The Bertz CT molecular complexity index is 1100. The minimum absolute atomic E-state index is 0.122. The van der Waals surface area contributed by atoms with Crippen LogP contribution >= 0.6 is 0 Å². The van der Waals surface area contributed by atoms with Gasteiger partial charge in [0.2, 0.25) is 0 Å². The van der Waals surface area contributed by atoms with Crippen LogP contribution in [0.25, 0.3) is 0 Å². The second-order valence-corrected chi connectivity index (χ2v) is 7.86. The van der Waals surface area contributed by atoms with Gasteiger partial charge in [-0.1, -0.05) is 42.5 Å². The normalized spacial score (nSPS) is 16.6. The van der Waals surface area contributed by atoms with Gasteiger partial charge in [0.05, 0.1) is 0 Å². The number of hydrogen-bond acceptors (Lipinski definition) is 3. The Hall–Kier alpha value is -3.80. The summed E-state index contributed by atoms with van der Waals surface area (Å²) in [5, 5.41) is 5.83. The van der Waals surface area contributed by atoms with Gasteiger partial charge in [0.15, 0.2) is 6.10 Å². The van der Waals surface area contributed by atoms with Crippen molar-refractivity contribution in [2.75, 3.05) is 17.2 Å². The maximum absolute atomic E-state index is 12.7. The molecule has 0 saturated carbocycles. The highest BCUT2D eigenvalue weighted by molar-refractivity contribution is 5.95. The molecule has 2 aliphatic rings. The maximum atomic E-state index is 12.7. The first-order valence-electron chi connectivity index (χ1n) is 10.4. The van der Waals surface area contributed by atoms with Gasteiger partial charge in [-0.3, -0.25) is 4.79 Å². The van der Waals surface area contributed by atoms with Crippen LogP contribution in [0.5, 0.6) is 5.75 Å². The molecule has 3 aromatic rings. The number of carbonyl (C=O) groups is 2. The molecule has 0 fully saturated rings. The van der Waals surface area contributed by atoms with Gasteiger partial charge < -0.3 is 20.3 Å². The molecular formula is C25H23N3O3. The molecule has 2 aliphatic heterocycles. The van der Waals surface area contributed by atoms with Gasteiger partial charge >= 0.3 is 6.03 Å². The SMILES string of the molecule is O=C(Nc1ccc(NC(=O)N2CCc3ccccc3C2)cc1)[C@H]1Cc2ccccc2O1. The minimum Gasteiger partial charge on any atom is -0.480 e. The number of para-hydroxylation sites is 1. The topological polar surface area (TPSA) is 70.7 Å². The number of fused-ring (bicyclic) bond motifs is 2. The van der Waals surface area contributed by atoms with Crippen LogP contribution in [-0.2, 0) is 24.2 Å². The van der Waals surface area contributed by atoms with Crippen molar-refractivity contribution in [1.82, 2.24) is 4.90 Å². The lowest BCUT2D eigenvalue weighted by Gasteiger charge is -2.29. The average Bonchev–Trinajstić information content (AvgIpc) is 3.24. The van der Waals surface area contributed by atoms with E-state index in [-0.39, 0.29) is 11.9 Å². The van der Waals surface area contributed by atoms with Crippen molar-refractivity contribution in [2.45, 2.75) is 25.5 Å². The molecule has 6 nitrogen and oxygen atoms in total. The third kappa shape index (κ3) is 4.10. The highest BCUT2D eigenvalue weighted by Crippen LogP contribution is 2.29. The first-order valence-corrected chi connectivity index (χ1v) is 10.4. The van der Waals surface area contributed by atoms with Crippen LogP contribution in [-0.4, -0.2) is 29.5 Å². The molecular weight excluding hydrogens is 390 g/mol. The van der Waals surface area contributed by atoms with E-state index in [0.717, 1.165) is 17.7 Å². The number of benzene rings is 3. The van der Waals surface area contributed by atoms with E-state index < -0.39 is 6.10 Å². The second kappa shape index (κ2) is 8.14. The zero-order valence-electron chi connectivity index (χ0n) is 17.0. The molecule has 2 N–H and O–H groups in total. The summed E-state index contributed by atoms with van der Waals surface area (Å²) in [6.45, 7) is 1.31. The predicted octanol–water partition coefficient (Wildman–Crippen LogP) is 4.22. The summed E-state index contributed by atoms with van der Waals surface area (Å²) >= 11 is 0. The third-order valence-corrected chi connectivity index (χ3v) is 5.76. The predicted molar refractivity (Wildman–Crippen MR) is 119 cm³/mol. The fourth-order valence-electron chi connectivity index (χ4n) is 4.06. The van der Waals surface area contributed by atoms with E-state index in [1.165, 1.54) is 11.1 Å². The summed E-state index contributed by atoms with van der Waals surface area (Å²) in [7, 11) is 0. The highest BCUT2D eigenvalue weighted by atomic mass is 16.5. The molecule has 31 heavy (non-hydrogen) atoms. The first-order chi connectivity index (χ1) is 15.2. The molecule has 156 valence electrons. The molecule has 0 bridgehead atoms. The summed E-state index contributed by atoms with van der Waals surface area (Å²) in [4.78, 5) is 27.0. The molecule has 0 spiro atoms. The van der Waals surface area contributed by atoms with Crippen LogP contribution in [0.2, 0.25) is 0 Å². The lowest BCUT2D eigenvalue weighted by atomic mass is 10.0. The van der Waals surface area contributed by atoms with Gasteiger partial charge in [0.1, 0.15) is 5.75 Å². The van der Waals surface area contributed by atoms with Crippen molar-refractivity contribution < 1.29 is 14.3 Å². The number of carbonyl (C=O) groups excluding carboxylic acids is 2. The largest absolute Gasteiger partial charge is 0.480 e. The quantitative estimate of drug-likeness (QED) is 0.675. The summed E-state index contributed by atoms with van der Waals surface area (Å²) in [6, 6.07) is 22.9. The van der Waals surface area contributed by atoms with Gasteiger partial charge in [-0.2, -0.15) is 0 Å². The number of urea groups is 1. The number of ether oxygens (including phenoxy) is 1. The highest BCUT2D eigenvalue weighted by Gasteiger charge is 2.28. The van der Waals surface area contributed by atoms with Crippen molar-refractivity contribution in [3.05, 3.63) is 89.5 Å².